The van der Waals surface area contributed by atoms with E-state index in [0.29, 0.717) is 44.9 Å². The van der Waals surface area contributed by atoms with E-state index in [2.05, 4.69) is 48.9 Å². The zero-order chi connectivity index (χ0) is 49.3. The second-order valence-electron chi connectivity index (χ2n) is 20.2. The summed E-state index contributed by atoms with van der Waals surface area (Å²) in [6.45, 7) is 18.4. The van der Waals surface area contributed by atoms with Gasteiger partial charge in [0.15, 0.2) is 0 Å². The highest BCUT2D eigenvalue weighted by Crippen LogP contribution is 2.40. The summed E-state index contributed by atoms with van der Waals surface area (Å²) in [6, 6.07) is 7.14. The lowest BCUT2D eigenvalue weighted by Gasteiger charge is -2.47. The van der Waals surface area contributed by atoms with Crippen LogP contribution in [0.3, 0.4) is 0 Å². The van der Waals surface area contributed by atoms with Crippen LogP contribution in [0.25, 0.3) is 10.9 Å². The van der Waals surface area contributed by atoms with Gasteiger partial charge in [-0.25, -0.2) is 4.79 Å². The number of Topliss-reactive ketones (excluding diaryl/α,β-unsaturated/α-hetero) is 2. The van der Waals surface area contributed by atoms with Gasteiger partial charge in [-0.05, 0) is 132 Å². The van der Waals surface area contributed by atoms with Gasteiger partial charge in [0.1, 0.15) is 35.9 Å². The molecule has 1 saturated carbocycles. The van der Waals surface area contributed by atoms with E-state index in [9.17, 15) is 24.3 Å². The Morgan fingerprint density at radius 2 is 1.63 bits per heavy atom. The van der Waals surface area contributed by atoms with Crippen LogP contribution in [0, 0.1) is 29.6 Å². The van der Waals surface area contributed by atoms with Crippen LogP contribution in [0.2, 0.25) is 0 Å². The van der Waals surface area contributed by atoms with Gasteiger partial charge in [0.05, 0.1) is 18.3 Å². The second kappa shape index (κ2) is 23.9. The van der Waals surface area contributed by atoms with E-state index in [1.807, 2.05) is 45.2 Å². The lowest BCUT2D eigenvalue weighted by Crippen LogP contribution is -2.64. The third-order valence-corrected chi connectivity index (χ3v) is 15.1. The molecule has 13 atom stereocenters. The lowest BCUT2D eigenvalue weighted by molar-refractivity contribution is -0.302. The van der Waals surface area contributed by atoms with Crippen molar-refractivity contribution in [2.75, 3.05) is 27.9 Å². The fourth-order valence-electron chi connectivity index (χ4n) is 11.3. The number of hydrogen-bond donors (Lipinski definition) is 1. The molecule has 1 aliphatic carbocycles. The number of aromatic nitrogens is 1. The summed E-state index contributed by atoms with van der Waals surface area (Å²) in [5.74, 6) is -5.67. The highest BCUT2D eigenvalue weighted by molar-refractivity contribution is 6.39. The molecule has 1 aromatic carbocycles. The largest absolute Gasteiger partial charge is 0.488 e. The number of nitrogens with zero attached hydrogens (tertiary/aromatic N) is 2. The number of fused-ring (bicyclic) bond motifs is 4. The molecule has 13 unspecified atom stereocenters. The third kappa shape index (κ3) is 12.3. The molecule has 2 aromatic rings. The van der Waals surface area contributed by atoms with Crippen molar-refractivity contribution in [3.05, 3.63) is 79.1 Å². The number of rotatable bonds is 11. The van der Waals surface area contributed by atoms with Crippen LogP contribution >= 0.6 is 0 Å². The fourth-order valence-corrected chi connectivity index (χ4v) is 11.3. The highest BCUT2D eigenvalue weighted by Gasteiger charge is 2.56. The molecule has 3 fully saturated rings. The smallest absolute Gasteiger partial charge is 0.329 e. The maximum Gasteiger partial charge on any atom is 0.329 e. The summed E-state index contributed by atoms with van der Waals surface area (Å²) in [5, 5.41) is 13.3. The zero-order valence-electron chi connectivity index (χ0n) is 41.9. The molecular weight excluding hydrogens is 865 g/mol. The van der Waals surface area contributed by atoms with Gasteiger partial charge >= 0.3 is 5.97 Å². The van der Waals surface area contributed by atoms with Crippen LogP contribution in [0.15, 0.2) is 79.1 Å². The molecule has 4 aliphatic rings. The van der Waals surface area contributed by atoms with E-state index < -0.39 is 59.8 Å². The summed E-state index contributed by atoms with van der Waals surface area (Å²) >= 11 is 0. The quantitative estimate of drug-likeness (QED) is 0.131. The van der Waals surface area contributed by atoms with Crippen LogP contribution in [0.4, 0.5) is 0 Å². The Labute approximate surface area is 404 Å². The van der Waals surface area contributed by atoms with Crippen LogP contribution in [-0.2, 0) is 49.4 Å². The van der Waals surface area contributed by atoms with Gasteiger partial charge in [-0.1, -0.05) is 50.6 Å². The Hall–Kier alpha value is -4.40. The van der Waals surface area contributed by atoms with E-state index in [1.54, 1.807) is 34.3 Å². The van der Waals surface area contributed by atoms with Crippen LogP contribution < -0.4 is 4.74 Å². The number of benzene rings is 1. The molecular formula is C55H78N2O11. The standard InChI is InChI=1S/C55H78N2O11/c1-11-15-41-28-34(3)27-35(4)29-48(64-9)51-49(65-10)31-38(7)55(62,68-51)52(59)53(60)57-25-14-13-16-44(57)54(61)67-50(36(5)17-21-45(41)58)37(6)30-39-18-22-46(47(32-39)63-8)66-42-19-20-43-40(33-42)23-26-56(43)24-12-2/h11-12,19-20,23,26,28,30,33,35-36,38-39,41,44,46-51,62H,1-2,13-18,21-22,24-25,27,29,31-32H2,3-10H3. The number of amides is 1. The van der Waals surface area contributed by atoms with Crippen LogP contribution in [-0.4, -0.2) is 114 Å². The fraction of sp³-hybridized carbons (Fsp3) is 0.636. The van der Waals surface area contributed by atoms with Gasteiger partial charge in [0.2, 0.25) is 5.79 Å². The first-order chi connectivity index (χ1) is 32.5. The Balaban J connectivity index is 1.28. The molecule has 1 N–H and O–H groups in total. The number of allylic oxidation sites excluding steroid dienone is 5. The number of ether oxygens (including phenoxy) is 6. The molecule has 0 spiro atoms. The van der Waals surface area contributed by atoms with Gasteiger partial charge in [-0.15, -0.1) is 13.2 Å². The summed E-state index contributed by atoms with van der Waals surface area (Å²) < 4.78 is 39.4. The Bertz CT molecular complexity index is 2160. The number of cyclic esters (lactones) is 1. The molecule has 13 nitrogen and oxygen atoms in total. The maximum absolute atomic E-state index is 14.6. The number of methoxy groups -OCH3 is 3. The molecule has 6 rings (SSSR count). The first kappa shape index (κ1) is 53.0. The number of ketones is 2. The summed E-state index contributed by atoms with van der Waals surface area (Å²) in [7, 11) is 4.81. The van der Waals surface area contributed by atoms with Crippen LogP contribution in [0.1, 0.15) is 112 Å². The SMILES string of the molecule is C=CCC1C=C(C)CC(C)CC(OC)C2OC(O)(C(=O)C(=O)N3CCCCC3C(=O)OC(C(C)=CC3CCC(Oc4ccc5c(ccn5CC=C)c4)C(OC)C3)C(C)CCC1=O)C(C)CC2OC. The summed E-state index contributed by atoms with van der Waals surface area (Å²) in [6.07, 6.45) is 13.2. The van der Waals surface area contributed by atoms with Crippen molar-refractivity contribution in [2.45, 2.75) is 167 Å². The zero-order valence-corrected chi connectivity index (χ0v) is 41.9. The molecule has 0 radical (unpaired) electrons. The Morgan fingerprint density at radius 3 is 2.34 bits per heavy atom. The number of carbonyl (C=O) groups excluding carboxylic acids is 4. The topological polar surface area (TPSA) is 152 Å². The van der Waals surface area contributed by atoms with Crippen molar-refractivity contribution >= 4 is 34.3 Å². The average Bonchev–Trinajstić information content (AvgIpc) is 3.73. The predicted molar refractivity (Wildman–Crippen MR) is 262 cm³/mol. The highest BCUT2D eigenvalue weighted by atomic mass is 16.7. The number of hydrogen-bond acceptors (Lipinski definition) is 11. The van der Waals surface area contributed by atoms with Crippen molar-refractivity contribution in [3.63, 3.8) is 0 Å². The summed E-state index contributed by atoms with van der Waals surface area (Å²) in [5.41, 5.74) is 3.00. The number of carbonyl (C=O) groups is 4. The van der Waals surface area contributed by atoms with Gasteiger partial charge in [0.25, 0.3) is 11.7 Å². The number of aliphatic hydroxyl groups is 1. The maximum atomic E-state index is 14.6. The molecule has 1 aromatic heterocycles. The van der Waals surface area contributed by atoms with Gasteiger partial charge in [-0.2, -0.15) is 0 Å². The average molecular weight is 943 g/mol. The third-order valence-electron chi connectivity index (χ3n) is 15.1. The first-order valence-electron chi connectivity index (χ1n) is 25.0. The van der Waals surface area contributed by atoms with E-state index in [1.165, 1.54) is 4.90 Å². The predicted octanol–water partition coefficient (Wildman–Crippen LogP) is 8.90. The van der Waals surface area contributed by atoms with Crippen molar-refractivity contribution in [1.82, 2.24) is 9.47 Å². The van der Waals surface area contributed by atoms with E-state index >= 15 is 0 Å². The molecule has 1 amide bonds. The molecule has 4 heterocycles. The van der Waals surface area contributed by atoms with E-state index in [0.717, 1.165) is 47.2 Å². The molecule has 2 saturated heterocycles. The Kier molecular flexibility index (Phi) is 18.6. The van der Waals surface area contributed by atoms with Gasteiger partial charge < -0.3 is 43.0 Å². The molecule has 3 aliphatic heterocycles. The number of esters is 1. The minimum atomic E-state index is -2.48. The van der Waals surface area contributed by atoms with Crippen molar-refractivity contribution in [1.29, 1.82) is 0 Å². The second-order valence-corrected chi connectivity index (χ2v) is 20.2. The van der Waals surface area contributed by atoms with Crippen molar-refractivity contribution in [3.8, 4) is 5.75 Å². The molecule has 13 heteroatoms. The normalized spacial score (nSPS) is 34.3. The Morgan fingerprint density at radius 1 is 0.897 bits per heavy atom. The monoisotopic (exact) mass is 943 g/mol. The number of piperidine rings is 1. The first-order valence-corrected chi connectivity index (χ1v) is 25.0. The van der Waals surface area contributed by atoms with Gasteiger partial charge in [-0.3, -0.25) is 14.4 Å². The van der Waals surface area contributed by atoms with Gasteiger partial charge in [0, 0.05) is 69.8 Å². The minimum absolute atomic E-state index is 0.0572. The lowest BCUT2D eigenvalue weighted by atomic mass is 9.82. The summed E-state index contributed by atoms with van der Waals surface area (Å²) in [4.78, 5) is 58.7. The van der Waals surface area contributed by atoms with E-state index in [4.69, 9.17) is 28.4 Å². The molecule has 2 bridgehead atoms. The molecule has 374 valence electrons. The van der Waals surface area contributed by atoms with E-state index in [-0.39, 0.29) is 67.5 Å². The molecule has 68 heavy (non-hydrogen) atoms. The van der Waals surface area contributed by atoms with Crippen molar-refractivity contribution in [2.24, 2.45) is 29.6 Å². The minimum Gasteiger partial charge on any atom is -0.488 e. The van der Waals surface area contributed by atoms with Crippen molar-refractivity contribution < 1.29 is 52.7 Å². The van der Waals surface area contributed by atoms with Crippen LogP contribution in [0.5, 0.6) is 5.75 Å².